The van der Waals surface area contributed by atoms with Crippen molar-refractivity contribution in [3.63, 3.8) is 0 Å². The highest BCUT2D eigenvalue weighted by Gasteiger charge is 2.41. The van der Waals surface area contributed by atoms with Gasteiger partial charge in [-0.3, -0.25) is 14.9 Å². The number of benzene rings is 2. The Kier molecular flexibility index (Phi) is 4.94. The number of halogens is 3. The molecule has 1 aliphatic carbocycles. The second-order valence-corrected chi connectivity index (χ2v) is 7.90. The summed E-state index contributed by atoms with van der Waals surface area (Å²) in [6.07, 6.45) is -3.01. The minimum atomic E-state index is -4.47. The summed E-state index contributed by atoms with van der Waals surface area (Å²) in [4.78, 5) is 23.5. The Morgan fingerprint density at radius 3 is 2.55 bits per heavy atom. The molecule has 1 N–H and O–H groups in total. The average Bonchev–Trinajstić information content (AvgIpc) is 3.22. The van der Waals surface area contributed by atoms with E-state index < -0.39 is 17.0 Å². The molecule has 29 heavy (non-hydrogen) atoms. The Morgan fingerprint density at radius 2 is 1.90 bits per heavy atom. The molecule has 0 saturated carbocycles. The van der Waals surface area contributed by atoms with Crippen LogP contribution < -0.4 is 14.8 Å². The van der Waals surface area contributed by atoms with Crippen LogP contribution in [-0.2, 0) is 17.4 Å². The van der Waals surface area contributed by atoms with Crippen LogP contribution in [0, 0.1) is 0 Å². The van der Waals surface area contributed by atoms with E-state index in [1.165, 1.54) is 13.2 Å². The zero-order valence-corrected chi connectivity index (χ0v) is 16.0. The Morgan fingerprint density at radius 1 is 1.10 bits per heavy atom. The molecule has 0 aromatic heterocycles. The third-order valence-corrected chi connectivity index (χ3v) is 6.15. The quantitative estimate of drug-likeness (QED) is 0.759. The van der Waals surface area contributed by atoms with Gasteiger partial charge < -0.3 is 9.47 Å². The van der Waals surface area contributed by atoms with Gasteiger partial charge in [0.05, 0.1) is 12.7 Å². The van der Waals surface area contributed by atoms with Gasteiger partial charge in [-0.2, -0.15) is 13.2 Å². The molecule has 0 radical (unpaired) electrons. The lowest BCUT2D eigenvalue weighted by Crippen LogP contribution is -2.27. The fraction of sp³-hybridized carbons (Fsp3) is 0.300. The van der Waals surface area contributed by atoms with E-state index in [0.717, 1.165) is 47.9 Å². The molecule has 9 heteroatoms. The number of nitrogens with one attached hydrogen (secondary N) is 1. The van der Waals surface area contributed by atoms with E-state index in [9.17, 15) is 22.8 Å². The summed E-state index contributed by atoms with van der Waals surface area (Å²) in [6.45, 7) is 0. The van der Waals surface area contributed by atoms with Gasteiger partial charge in [-0.1, -0.05) is 17.8 Å². The van der Waals surface area contributed by atoms with Gasteiger partial charge in [0.15, 0.2) is 11.5 Å². The summed E-state index contributed by atoms with van der Waals surface area (Å²) < 4.78 is 49.5. The third-order valence-electron chi connectivity index (χ3n) is 5.04. The Labute approximate surface area is 168 Å². The van der Waals surface area contributed by atoms with Crippen LogP contribution in [0.25, 0.3) is 0 Å². The zero-order valence-electron chi connectivity index (χ0n) is 15.2. The lowest BCUT2D eigenvalue weighted by atomic mass is 9.97. The van der Waals surface area contributed by atoms with Crippen molar-refractivity contribution in [1.82, 2.24) is 5.32 Å². The molecule has 5 nitrogen and oxygen atoms in total. The number of aryl methyl sites for hydroxylation is 1. The maximum atomic E-state index is 12.9. The number of carbonyl (C=O) groups is 2. The van der Waals surface area contributed by atoms with Crippen LogP contribution >= 0.6 is 11.8 Å². The number of fused-ring (bicyclic) bond motifs is 1. The van der Waals surface area contributed by atoms with Crippen LogP contribution in [0.4, 0.5) is 18.0 Å². The number of alkyl halides is 3. The predicted molar refractivity (Wildman–Crippen MR) is 100 cm³/mol. The van der Waals surface area contributed by atoms with Crippen LogP contribution in [0.5, 0.6) is 17.2 Å². The molecule has 4 rings (SSSR count). The first-order valence-corrected chi connectivity index (χ1v) is 9.71. The number of rotatable bonds is 4. The van der Waals surface area contributed by atoms with Crippen molar-refractivity contribution in [3.8, 4) is 17.2 Å². The Balaban J connectivity index is 1.56. The van der Waals surface area contributed by atoms with Crippen LogP contribution in [0.1, 0.15) is 29.0 Å². The number of hydrogen-bond acceptors (Lipinski definition) is 5. The van der Waals surface area contributed by atoms with Crippen molar-refractivity contribution in [2.24, 2.45) is 0 Å². The van der Waals surface area contributed by atoms with Crippen molar-refractivity contribution < 1.29 is 32.2 Å². The topological polar surface area (TPSA) is 64.6 Å². The van der Waals surface area contributed by atoms with Crippen LogP contribution in [0.15, 0.2) is 36.4 Å². The first kappa shape index (κ1) is 19.6. The first-order chi connectivity index (χ1) is 13.8. The normalized spacial score (nSPS) is 21.1. The van der Waals surface area contributed by atoms with Gasteiger partial charge in [0.2, 0.25) is 5.91 Å². The third kappa shape index (κ3) is 3.78. The molecule has 2 aromatic rings. The molecule has 2 aromatic carbocycles. The van der Waals surface area contributed by atoms with E-state index in [4.69, 9.17) is 9.47 Å². The number of methoxy groups -OCH3 is 1. The molecule has 0 spiro atoms. The van der Waals surface area contributed by atoms with Crippen molar-refractivity contribution in [1.29, 1.82) is 0 Å². The number of carbonyl (C=O) groups excluding carboxylic acids is 2. The predicted octanol–water partition coefficient (Wildman–Crippen LogP) is 4.89. The molecule has 1 heterocycles. The Hall–Kier alpha value is -2.68. The highest BCUT2D eigenvalue weighted by atomic mass is 32.2. The highest BCUT2D eigenvalue weighted by molar-refractivity contribution is 8.15. The Bertz CT molecular complexity index is 992. The second kappa shape index (κ2) is 7.29. The largest absolute Gasteiger partial charge is 0.493 e. The summed E-state index contributed by atoms with van der Waals surface area (Å²) in [5, 5.41) is 1.54. The van der Waals surface area contributed by atoms with Gasteiger partial charge in [-0.15, -0.1) is 0 Å². The van der Waals surface area contributed by atoms with E-state index in [0.29, 0.717) is 5.75 Å². The van der Waals surface area contributed by atoms with Crippen molar-refractivity contribution in [2.75, 3.05) is 7.11 Å². The zero-order chi connectivity index (χ0) is 20.8. The van der Waals surface area contributed by atoms with Gasteiger partial charge in [-0.25, -0.2) is 0 Å². The van der Waals surface area contributed by atoms with E-state index in [1.54, 1.807) is 6.07 Å². The second-order valence-electron chi connectivity index (χ2n) is 6.79. The van der Waals surface area contributed by atoms with E-state index >= 15 is 0 Å². The summed E-state index contributed by atoms with van der Waals surface area (Å²) in [5.41, 5.74) is 1.16. The fourth-order valence-electron chi connectivity index (χ4n) is 3.69. The minimum Gasteiger partial charge on any atom is -0.493 e. The molecule has 1 aliphatic heterocycles. The molecular formula is C20H16F3NO4S. The van der Waals surface area contributed by atoms with Gasteiger partial charge in [-0.05, 0) is 54.3 Å². The smallest absolute Gasteiger partial charge is 0.416 e. The monoisotopic (exact) mass is 423 g/mol. The maximum Gasteiger partial charge on any atom is 0.416 e. The molecule has 1 fully saturated rings. The van der Waals surface area contributed by atoms with Crippen LogP contribution in [-0.4, -0.2) is 23.5 Å². The molecule has 2 amide bonds. The first-order valence-electron chi connectivity index (χ1n) is 8.83. The highest BCUT2D eigenvalue weighted by Crippen LogP contribution is 2.44. The number of ether oxygens (including phenoxy) is 2. The summed E-state index contributed by atoms with van der Waals surface area (Å²) in [5.74, 6) is 0.285. The van der Waals surface area contributed by atoms with Crippen molar-refractivity contribution >= 4 is 22.9 Å². The lowest BCUT2D eigenvalue weighted by molar-refractivity contribution is -0.137. The fourth-order valence-corrected chi connectivity index (χ4v) is 4.70. The average molecular weight is 423 g/mol. The molecule has 152 valence electrons. The van der Waals surface area contributed by atoms with Gasteiger partial charge in [0.1, 0.15) is 11.0 Å². The van der Waals surface area contributed by atoms with E-state index in [2.05, 4.69) is 5.32 Å². The van der Waals surface area contributed by atoms with Gasteiger partial charge in [0, 0.05) is 5.92 Å². The van der Waals surface area contributed by atoms with E-state index in [-0.39, 0.29) is 28.6 Å². The number of thioether (sulfide) groups is 1. The minimum absolute atomic E-state index is 0.0178. The standard InChI is InChI=1S/C20H16F3NO4S/c1-27-16-9-11(20(21,22)23)3-7-15(16)28-12-4-6-13-10(8-12)2-5-14(13)17-18(25)24-19(26)29-17/h3-4,6-9,14,17H,2,5H2,1H3,(H,24,25,26)/t14-,17?/m1/s1. The molecule has 2 aliphatic rings. The number of imide groups is 1. The summed E-state index contributed by atoms with van der Waals surface area (Å²) >= 11 is 1.01. The maximum absolute atomic E-state index is 12.9. The van der Waals surface area contributed by atoms with Crippen LogP contribution in [0.2, 0.25) is 0 Å². The number of amides is 2. The lowest BCUT2D eigenvalue weighted by Gasteiger charge is -2.16. The SMILES string of the molecule is COc1cc(C(F)(F)F)ccc1Oc1ccc2c(c1)CC[C@H]2C1SC(=O)NC1=O. The molecule has 0 bridgehead atoms. The molecular weight excluding hydrogens is 407 g/mol. The van der Waals surface area contributed by atoms with Crippen molar-refractivity contribution in [2.45, 2.75) is 30.2 Å². The van der Waals surface area contributed by atoms with Crippen molar-refractivity contribution in [3.05, 3.63) is 53.1 Å². The summed E-state index contributed by atoms with van der Waals surface area (Å²) in [6, 6.07) is 8.41. The van der Waals surface area contributed by atoms with Gasteiger partial charge in [0.25, 0.3) is 5.24 Å². The molecule has 1 unspecified atom stereocenters. The molecule has 1 saturated heterocycles. The molecule has 2 atom stereocenters. The van der Waals surface area contributed by atoms with E-state index in [1.807, 2.05) is 12.1 Å². The van der Waals surface area contributed by atoms with Crippen LogP contribution in [0.3, 0.4) is 0 Å². The summed E-state index contributed by atoms with van der Waals surface area (Å²) in [7, 11) is 1.28. The van der Waals surface area contributed by atoms with Gasteiger partial charge >= 0.3 is 6.18 Å². The number of hydrogen-bond donors (Lipinski definition) is 1.